The van der Waals surface area contributed by atoms with Crippen molar-refractivity contribution in [3.8, 4) is 6.19 Å². The largest absolute Gasteiger partial charge is 0.376 e. The Morgan fingerprint density at radius 3 is 2.76 bits per heavy atom. The molecule has 17 heavy (non-hydrogen) atoms. The topological polar surface area (TPSA) is 51.4 Å². The fraction of sp³-hybridized carbons (Fsp3) is 0.273. The molecule has 0 saturated heterocycles. The lowest BCUT2D eigenvalue weighted by Crippen LogP contribution is -2.13. The molecule has 0 aliphatic heterocycles. The van der Waals surface area contributed by atoms with Gasteiger partial charge in [0.1, 0.15) is 0 Å². The molecule has 0 saturated carbocycles. The van der Waals surface area contributed by atoms with Crippen LogP contribution in [0.2, 0.25) is 0 Å². The van der Waals surface area contributed by atoms with E-state index in [2.05, 4.69) is 26.2 Å². The van der Waals surface area contributed by atoms with Crippen LogP contribution in [0.5, 0.6) is 0 Å². The Bertz CT molecular complexity index is 465. The Kier molecular flexibility index (Phi) is 5.32. The summed E-state index contributed by atoms with van der Waals surface area (Å²) in [6, 6.07) is 5.86. The van der Waals surface area contributed by atoms with Gasteiger partial charge in [0.25, 0.3) is 0 Å². The normalized spacial score (nSPS) is 10.9. The first-order valence-electron chi connectivity index (χ1n) is 4.83. The van der Waals surface area contributed by atoms with Crippen LogP contribution >= 0.6 is 27.7 Å². The predicted molar refractivity (Wildman–Crippen MR) is 77.8 cm³/mol. The van der Waals surface area contributed by atoms with Crippen LogP contribution in [0.4, 0.5) is 11.4 Å². The molecule has 4 nitrogen and oxygen atoms in total. The second kappa shape index (κ2) is 6.52. The van der Waals surface area contributed by atoms with E-state index in [1.807, 2.05) is 49.6 Å². The van der Waals surface area contributed by atoms with Gasteiger partial charge < -0.3 is 4.90 Å². The molecule has 0 fully saturated rings. The number of halogens is 1. The van der Waals surface area contributed by atoms with Crippen LogP contribution in [0.3, 0.4) is 0 Å². The maximum atomic E-state index is 8.60. The van der Waals surface area contributed by atoms with Crippen molar-refractivity contribution in [1.82, 2.24) is 5.32 Å². The van der Waals surface area contributed by atoms with E-state index in [1.54, 1.807) is 0 Å². The lowest BCUT2D eigenvalue weighted by Gasteiger charge is -2.15. The Morgan fingerprint density at radius 1 is 1.53 bits per heavy atom. The summed E-state index contributed by atoms with van der Waals surface area (Å²) in [5, 5.41) is 11.7. The average molecular weight is 313 g/mol. The maximum absolute atomic E-state index is 8.60. The van der Waals surface area contributed by atoms with Gasteiger partial charge in [0.15, 0.2) is 11.4 Å². The third kappa shape index (κ3) is 3.95. The van der Waals surface area contributed by atoms with E-state index >= 15 is 0 Å². The number of thioether (sulfide) groups is 1. The molecule has 1 N–H and O–H groups in total. The molecule has 0 heterocycles. The third-order valence-electron chi connectivity index (χ3n) is 2.00. The van der Waals surface area contributed by atoms with Crippen LogP contribution in [-0.2, 0) is 0 Å². The SMILES string of the molecule is CSC(=Nc1cc(Br)ccc1N(C)C)NC#N. The Morgan fingerprint density at radius 2 is 2.24 bits per heavy atom. The van der Waals surface area contributed by atoms with Crippen LogP contribution in [-0.4, -0.2) is 25.5 Å². The van der Waals surface area contributed by atoms with Gasteiger partial charge in [0, 0.05) is 18.6 Å². The first-order chi connectivity index (χ1) is 8.08. The highest BCUT2D eigenvalue weighted by atomic mass is 79.9. The number of hydrogen-bond acceptors (Lipinski definition) is 4. The zero-order valence-electron chi connectivity index (χ0n) is 9.86. The third-order valence-corrected chi connectivity index (χ3v) is 3.07. The number of aliphatic imine (C=N–C) groups is 1. The fourth-order valence-electron chi connectivity index (χ4n) is 1.25. The highest BCUT2D eigenvalue weighted by Crippen LogP contribution is 2.31. The summed E-state index contributed by atoms with van der Waals surface area (Å²) in [4.78, 5) is 6.40. The standard InChI is InChI=1S/C11H13BrN4S/c1-16(2)10-5-4-8(12)6-9(10)15-11(17-3)14-7-13/h4-6H,1-3H3,(H,14,15). The number of hydrogen-bond donors (Lipinski definition) is 1. The molecule has 0 bridgehead atoms. The van der Waals surface area contributed by atoms with Crippen LogP contribution in [0.15, 0.2) is 27.7 Å². The average Bonchev–Trinajstić information content (AvgIpc) is 2.28. The summed E-state index contributed by atoms with van der Waals surface area (Å²) in [6.07, 6.45) is 3.75. The van der Waals surface area contributed by atoms with Gasteiger partial charge in [0.2, 0.25) is 0 Å². The summed E-state index contributed by atoms with van der Waals surface area (Å²) in [6.45, 7) is 0. The maximum Gasteiger partial charge on any atom is 0.183 e. The van der Waals surface area contributed by atoms with E-state index < -0.39 is 0 Å². The Balaban J connectivity index is 3.19. The van der Waals surface area contributed by atoms with Crippen molar-refractivity contribution in [2.75, 3.05) is 25.3 Å². The van der Waals surface area contributed by atoms with Gasteiger partial charge in [-0.15, -0.1) is 0 Å². The predicted octanol–water partition coefficient (Wildman–Crippen LogP) is 2.94. The van der Waals surface area contributed by atoms with E-state index in [0.717, 1.165) is 15.8 Å². The Labute approximate surface area is 114 Å². The van der Waals surface area contributed by atoms with E-state index in [9.17, 15) is 0 Å². The quantitative estimate of drug-likeness (QED) is 0.395. The summed E-state index contributed by atoms with van der Waals surface area (Å²) < 4.78 is 0.958. The first-order valence-corrected chi connectivity index (χ1v) is 6.85. The van der Waals surface area contributed by atoms with Crippen LogP contribution < -0.4 is 10.2 Å². The lowest BCUT2D eigenvalue weighted by atomic mass is 10.2. The van der Waals surface area contributed by atoms with E-state index in [0.29, 0.717) is 5.17 Å². The van der Waals surface area contributed by atoms with Gasteiger partial charge in [-0.3, -0.25) is 5.32 Å². The van der Waals surface area contributed by atoms with Crippen molar-refractivity contribution in [2.24, 2.45) is 4.99 Å². The molecule has 1 aromatic rings. The van der Waals surface area contributed by atoms with Gasteiger partial charge in [-0.05, 0) is 24.5 Å². The molecule has 6 heteroatoms. The van der Waals surface area contributed by atoms with Gasteiger partial charge >= 0.3 is 0 Å². The number of anilines is 1. The molecule has 0 aliphatic rings. The number of rotatable bonds is 2. The van der Waals surface area contributed by atoms with Crippen LogP contribution in [0.1, 0.15) is 0 Å². The van der Waals surface area contributed by atoms with Crippen LogP contribution in [0, 0.1) is 11.5 Å². The molecule has 0 spiro atoms. The molecule has 0 atom stereocenters. The number of amidine groups is 1. The van der Waals surface area contributed by atoms with Crippen molar-refractivity contribution >= 4 is 44.2 Å². The van der Waals surface area contributed by atoms with Gasteiger partial charge in [-0.2, -0.15) is 5.26 Å². The van der Waals surface area contributed by atoms with E-state index in [-0.39, 0.29) is 0 Å². The molecule has 0 amide bonds. The highest BCUT2D eigenvalue weighted by molar-refractivity contribution is 9.10. The van der Waals surface area contributed by atoms with Crippen molar-refractivity contribution in [2.45, 2.75) is 0 Å². The zero-order chi connectivity index (χ0) is 12.8. The second-order valence-corrected chi connectivity index (χ2v) is 5.10. The summed E-state index contributed by atoms with van der Waals surface area (Å²) in [5.74, 6) is 0. The molecule has 1 rings (SSSR count). The van der Waals surface area contributed by atoms with E-state index in [1.165, 1.54) is 11.8 Å². The minimum atomic E-state index is 0.578. The number of benzene rings is 1. The van der Waals surface area contributed by atoms with Crippen molar-refractivity contribution in [3.63, 3.8) is 0 Å². The molecule has 0 unspecified atom stereocenters. The second-order valence-electron chi connectivity index (χ2n) is 3.39. The molecule has 0 aliphatic carbocycles. The highest BCUT2D eigenvalue weighted by Gasteiger charge is 2.06. The minimum absolute atomic E-state index is 0.578. The number of nitrogens with zero attached hydrogens (tertiary/aromatic N) is 3. The van der Waals surface area contributed by atoms with Crippen molar-refractivity contribution < 1.29 is 0 Å². The van der Waals surface area contributed by atoms with Gasteiger partial charge in [-0.25, -0.2) is 4.99 Å². The molecular weight excluding hydrogens is 300 g/mol. The summed E-state index contributed by atoms with van der Waals surface area (Å²) in [5.41, 5.74) is 1.82. The smallest absolute Gasteiger partial charge is 0.183 e. The van der Waals surface area contributed by atoms with Crippen molar-refractivity contribution in [3.05, 3.63) is 22.7 Å². The lowest BCUT2D eigenvalue weighted by molar-refractivity contribution is 1.13. The summed E-state index contributed by atoms with van der Waals surface area (Å²) >= 11 is 4.81. The fourth-order valence-corrected chi connectivity index (χ4v) is 1.93. The first kappa shape index (κ1) is 13.9. The number of nitrogens with one attached hydrogen (secondary N) is 1. The van der Waals surface area contributed by atoms with Gasteiger partial charge in [0.05, 0.1) is 11.4 Å². The molecular formula is C11H13BrN4S. The Hall–Kier alpha value is -1.19. The molecule has 0 aromatic heterocycles. The van der Waals surface area contributed by atoms with E-state index in [4.69, 9.17) is 5.26 Å². The number of nitriles is 1. The summed E-state index contributed by atoms with van der Waals surface area (Å²) in [7, 11) is 3.91. The van der Waals surface area contributed by atoms with Crippen LogP contribution in [0.25, 0.3) is 0 Å². The molecule has 0 radical (unpaired) electrons. The monoisotopic (exact) mass is 312 g/mol. The molecule has 1 aromatic carbocycles. The van der Waals surface area contributed by atoms with Gasteiger partial charge in [-0.1, -0.05) is 27.7 Å². The molecule has 90 valence electrons. The zero-order valence-corrected chi connectivity index (χ0v) is 12.3. The minimum Gasteiger partial charge on any atom is -0.376 e. The van der Waals surface area contributed by atoms with Crippen molar-refractivity contribution in [1.29, 1.82) is 5.26 Å².